The van der Waals surface area contributed by atoms with Crippen molar-refractivity contribution in [1.82, 2.24) is 19.9 Å². The first kappa shape index (κ1) is 14.1. The Hall–Kier alpha value is -3.54. The lowest BCUT2D eigenvalue weighted by atomic mass is 10.2. The molecule has 4 aromatic rings. The molecule has 0 unspecified atom stereocenters. The van der Waals surface area contributed by atoms with Crippen molar-refractivity contribution >= 4 is 10.9 Å². The van der Waals surface area contributed by atoms with Gasteiger partial charge in [0.05, 0.1) is 10.9 Å². The average molecular weight is 316 g/mol. The minimum absolute atomic E-state index is 0.173. The molecule has 0 fully saturated rings. The Labute approximate surface area is 136 Å². The second-order valence-electron chi connectivity index (χ2n) is 5.09. The smallest absolute Gasteiger partial charge is 0.321 e. The van der Waals surface area contributed by atoms with E-state index in [0.717, 1.165) is 5.56 Å². The number of nitrogens with one attached hydrogen (secondary N) is 1. The molecule has 0 bridgehead atoms. The van der Waals surface area contributed by atoms with E-state index < -0.39 is 0 Å². The summed E-state index contributed by atoms with van der Waals surface area (Å²) >= 11 is 0. The number of aromatic amines is 1. The summed E-state index contributed by atoms with van der Waals surface area (Å²) in [5.41, 5.74) is 1.22. The Balaban J connectivity index is 1.75. The van der Waals surface area contributed by atoms with Crippen molar-refractivity contribution < 1.29 is 4.74 Å². The normalized spacial score (nSPS) is 10.7. The predicted molar refractivity (Wildman–Crippen MR) is 89.9 cm³/mol. The molecule has 0 amide bonds. The van der Waals surface area contributed by atoms with E-state index in [-0.39, 0.29) is 11.6 Å². The summed E-state index contributed by atoms with van der Waals surface area (Å²) in [4.78, 5) is 27.6. The molecule has 2 aromatic heterocycles. The molecule has 2 aromatic carbocycles. The average Bonchev–Trinajstić information content (AvgIpc) is 2.63. The van der Waals surface area contributed by atoms with Crippen molar-refractivity contribution in [2.45, 2.75) is 0 Å². The fourth-order valence-corrected chi connectivity index (χ4v) is 2.37. The monoisotopic (exact) mass is 316 g/mol. The van der Waals surface area contributed by atoms with Crippen LogP contribution in [0.4, 0.5) is 0 Å². The van der Waals surface area contributed by atoms with Crippen LogP contribution in [0.2, 0.25) is 0 Å². The van der Waals surface area contributed by atoms with Gasteiger partial charge >= 0.3 is 6.01 Å². The third-order valence-corrected chi connectivity index (χ3v) is 3.47. The van der Waals surface area contributed by atoms with Crippen LogP contribution in [0.3, 0.4) is 0 Å². The van der Waals surface area contributed by atoms with E-state index in [9.17, 15) is 4.79 Å². The number of fused-ring (bicyclic) bond motifs is 1. The maximum atomic E-state index is 12.2. The first-order valence-corrected chi connectivity index (χ1v) is 7.34. The van der Waals surface area contributed by atoms with E-state index in [1.165, 1.54) is 0 Å². The molecule has 0 radical (unpaired) electrons. The van der Waals surface area contributed by atoms with Crippen LogP contribution in [-0.2, 0) is 0 Å². The predicted octanol–water partition coefficient (Wildman–Crippen LogP) is 3.17. The maximum absolute atomic E-state index is 12.2. The van der Waals surface area contributed by atoms with Gasteiger partial charge < -0.3 is 9.72 Å². The van der Waals surface area contributed by atoms with Crippen LogP contribution in [0, 0.1) is 0 Å². The Morgan fingerprint density at radius 2 is 1.75 bits per heavy atom. The molecular formula is C18H12N4O2. The third kappa shape index (κ3) is 2.72. The molecule has 1 N–H and O–H groups in total. The maximum Gasteiger partial charge on any atom is 0.321 e. The molecule has 116 valence electrons. The molecule has 0 saturated heterocycles. The number of para-hydroxylation sites is 1. The minimum Gasteiger partial charge on any atom is -0.424 e. The molecule has 0 aliphatic heterocycles. The molecule has 2 heterocycles. The number of hydrogen-bond donors (Lipinski definition) is 1. The Bertz CT molecular complexity index is 1060. The largest absolute Gasteiger partial charge is 0.424 e. The molecule has 0 aliphatic rings. The number of benzene rings is 2. The van der Waals surface area contributed by atoms with Crippen LogP contribution < -0.4 is 10.3 Å². The van der Waals surface area contributed by atoms with Crippen molar-refractivity contribution in [3.63, 3.8) is 0 Å². The van der Waals surface area contributed by atoms with Crippen molar-refractivity contribution in [2.24, 2.45) is 0 Å². The summed E-state index contributed by atoms with van der Waals surface area (Å²) in [6.45, 7) is 0. The third-order valence-electron chi connectivity index (χ3n) is 3.47. The summed E-state index contributed by atoms with van der Waals surface area (Å²) in [5.74, 6) is 1.05. The van der Waals surface area contributed by atoms with Gasteiger partial charge in [0, 0.05) is 18.0 Å². The van der Waals surface area contributed by atoms with Crippen LogP contribution in [0.1, 0.15) is 0 Å². The van der Waals surface area contributed by atoms with Crippen molar-refractivity contribution in [3.8, 4) is 23.1 Å². The molecule has 0 atom stereocenters. The zero-order valence-electron chi connectivity index (χ0n) is 12.5. The number of nitrogens with zero attached hydrogens (tertiary/aromatic N) is 3. The summed E-state index contributed by atoms with van der Waals surface area (Å²) in [6.07, 6.45) is 3.21. The summed E-state index contributed by atoms with van der Waals surface area (Å²) in [5, 5.41) is 0.561. The van der Waals surface area contributed by atoms with E-state index in [1.54, 1.807) is 36.7 Å². The lowest BCUT2D eigenvalue weighted by Crippen LogP contribution is -2.09. The number of ether oxygens (including phenoxy) is 1. The highest BCUT2D eigenvalue weighted by molar-refractivity contribution is 5.79. The number of rotatable bonds is 3. The van der Waals surface area contributed by atoms with Gasteiger partial charge in [-0.1, -0.05) is 24.3 Å². The van der Waals surface area contributed by atoms with Gasteiger partial charge in [-0.3, -0.25) is 4.79 Å². The van der Waals surface area contributed by atoms with E-state index in [4.69, 9.17) is 4.74 Å². The second kappa shape index (κ2) is 5.92. The lowest BCUT2D eigenvalue weighted by molar-refractivity contribution is 0.442. The highest BCUT2D eigenvalue weighted by Crippen LogP contribution is 2.24. The quantitative estimate of drug-likeness (QED) is 0.628. The topological polar surface area (TPSA) is 80.8 Å². The van der Waals surface area contributed by atoms with Gasteiger partial charge in [0.2, 0.25) is 0 Å². The number of H-pyrrole nitrogens is 1. The Morgan fingerprint density at radius 1 is 0.917 bits per heavy atom. The molecular weight excluding hydrogens is 304 g/mol. The van der Waals surface area contributed by atoms with Gasteiger partial charge in [-0.25, -0.2) is 15.0 Å². The van der Waals surface area contributed by atoms with Crippen LogP contribution in [0.25, 0.3) is 22.3 Å². The van der Waals surface area contributed by atoms with Crippen LogP contribution in [0.15, 0.2) is 71.8 Å². The second-order valence-corrected chi connectivity index (χ2v) is 5.09. The SMILES string of the molecule is O=c1[nH]c(-c2cccc(Oc3ncccn3)c2)nc2ccccc12. The van der Waals surface area contributed by atoms with E-state index >= 15 is 0 Å². The Morgan fingerprint density at radius 3 is 2.62 bits per heavy atom. The van der Waals surface area contributed by atoms with Gasteiger partial charge in [-0.2, -0.15) is 0 Å². The zero-order valence-corrected chi connectivity index (χ0v) is 12.5. The molecule has 24 heavy (non-hydrogen) atoms. The Kier molecular flexibility index (Phi) is 3.47. The van der Waals surface area contributed by atoms with E-state index in [0.29, 0.717) is 22.5 Å². The molecule has 0 spiro atoms. The van der Waals surface area contributed by atoms with Crippen LogP contribution in [0.5, 0.6) is 11.8 Å². The van der Waals surface area contributed by atoms with Crippen molar-refractivity contribution in [2.75, 3.05) is 0 Å². The summed E-state index contributed by atoms with van der Waals surface area (Å²) < 4.78 is 5.62. The molecule has 4 rings (SSSR count). The van der Waals surface area contributed by atoms with E-state index in [1.807, 2.05) is 30.3 Å². The standard InChI is InChI=1S/C18H12N4O2/c23-17-14-7-1-2-8-15(14)21-16(22-17)12-5-3-6-13(11-12)24-18-19-9-4-10-20-18/h1-11H,(H,21,22,23). The highest BCUT2D eigenvalue weighted by Gasteiger charge is 2.07. The van der Waals surface area contributed by atoms with Crippen LogP contribution >= 0.6 is 0 Å². The van der Waals surface area contributed by atoms with Gasteiger partial charge in [0.25, 0.3) is 5.56 Å². The van der Waals surface area contributed by atoms with Gasteiger partial charge in [0.1, 0.15) is 11.6 Å². The molecule has 6 nitrogen and oxygen atoms in total. The number of hydrogen-bond acceptors (Lipinski definition) is 5. The van der Waals surface area contributed by atoms with Gasteiger partial charge in [-0.05, 0) is 30.3 Å². The number of aromatic nitrogens is 4. The fourth-order valence-electron chi connectivity index (χ4n) is 2.37. The van der Waals surface area contributed by atoms with Crippen LogP contribution in [-0.4, -0.2) is 19.9 Å². The van der Waals surface area contributed by atoms with E-state index in [2.05, 4.69) is 19.9 Å². The minimum atomic E-state index is -0.173. The van der Waals surface area contributed by atoms with Gasteiger partial charge in [0.15, 0.2) is 0 Å². The molecule has 0 saturated carbocycles. The first-order chi connectivity index (χ1) is 11.8. The highest BCUT2D eigenvalue weighted by atomic mass is 16.5. The van der Waals surface area contributed by atoms with Gasteiger partial charge in [-0.15, -0.1) is 0 Å². The van der Waals surface area contributed by atoms with Crippen molar-refractivity contribution in [3.05, 3.63) is 77.3 Å². The lowest BCUT2D eigenvalue weighted by Gasteiger charge is -2.06. The summed E-state index contributed by atoms with van der Waals surface area (Å²) in [7, 11) is 0. The van der Waals surface area contributed by atoms with Crippen molar-refractivity contribution in [1.29, 1.82) is 0 Å². The fraction of sp³-hybridized carbons (Fsp3) is 0. The molecule has 0 aliphatic carbocycles. The zero-order chi connectivity index (χ0) is 16.4. The summed E-state index contributed by atoms with van der Waals surface area (Å²) in [6, 6.07) is 16.4. The first-order valence-electron chi connectivity index (χ1n) is 7.34. The molecule has 6 heteroatoms.